The molecule has 0 saturated carbocycles. The van der Waals surface area contributed by atoms with Gasteiger partial charge in [0.05, 0.1) is 7.11 Å². The number of aromatic nitrogens is 2. The Balaban J connectivity index is 1.97. The van der Waals surface area contributed by atoms with E-state index in [9.17, 15) is 4.79 Å². The zero-order valence-corrected chi connectivity index (χ0v) is 10.1. The predicted molar refractivity (Wildman–Crippen MR) is 63.2 cm³/mol. The third-order valence-electron chi connectivity index (χ3n) is 2.32. The first-order chi connectivity index (χ1) is 8.69. The van der Waals surface area contributed by atoms with E-state index in [2.05, 4.69) is 15.5 Å². The molecule has 0 bridgehead atoms. The number of hydrogen-bond acceptors (Lipinski definition) is 5. The third kappa shape index (κ3) is 2.85. The summed E-state index contributed by atoms with van der Waals surface area (Å²) in [6.07, 6.45) is 1.63. The fourth-order valence-electron chi connectivity index (χ4n) is 1.42. The average Bonchev–Trinajstić information content (AvgIpc) is 2.83. The molecule has 0 aliphatic rings. The molecule has 2 aromatic rings. The summed E-state index contributed by atoms with van der Waals surface area (Å²) in [5.74, 6) is 0.840. The van der Waals surface area contributed by atoms with E-state index in [-0.39, 0.29) is 11.6 Å². The highest BCUT2D eigenvalue weighted by atomic mass is 16.5. The summed E-state index contributed by atoms with van der Waals surface area (Å²) in [7, 11) is 1.54. The topological polar surface area (TPSA) is 77.2 Å². The standard InChI is InChI=1S/C12H13N3O3/c1-8-5-10(15-18-8)12(16)14-7-9-3-4-13-11(6-9)17-2/h3-6H,7H2,1-2H3,(H,14,16). The molecule has 0 atom stereocenters. The summed E-state index contributed by atoms with van der Waals surface area (Å²) < 4.78 is 9.83. The maximum absolute atomic E-state index is 11.7. The number of carbonyl (C=O) groups is 1. The molecule has 2 heterocycles. The minimum absolute atomic E-state index is 0.272. The Kier molecular flexibility index (Phi) is 3.57. The highest BCUT2D eigenvalue weighted by molar-refractivity contribution is 5.92. The predicted octanol–water partition coefficient (Wildman–Crippen LogP) is 1.32. The first-order valence-electron chi connectivity index (χ1n) is 5.39. The SMILES string of the molecule is COc1cc(CNC(=O)c2cc(C)on2)ccn1. The Morgan fingerprint density at radius 3 is 3.00 bits per heavy atom. The van der Waals surface area contributed by atoms with Gasteiger partial charge in [-0.3, -0.25) is 4.79 Å². The van der Waals surface area contributed by atoms with Crippen LogP contribution >= 0.6 is 0 Å². The molecule has 0 fully saturated rings. The molecular formula is C12H13N3O3. The zero-order chi connectivity index (χ0) is 13.0. The van der Waals surface area contributed by atoms with Gasteiger partial charge < -0.3 is 14.6 Å². The van der Waals surface area contributed by atoms with E-state index < -0.39 is 0 Å². The largest absolute Gasteiger partial charge is 0.481 e. The molecule has 0 aliphatic carbocycles. The Hall–Kier alpha value is -2.37. The number of ether oxygens (including phenoxy) is 1. The molecule has 94 valence electrons. The number of aryl methyl sites for hydroxylation is 1. The lowest BCUT2D eigenvalue weighted by Gasteiger charge is -2.04. The van der Waals surface area contributed by atoms with Crippen LogP contribution in [0.25, 0.3) is 0 Å². The molecule has 2 aromatic heterocycles. The number of nitrogens with one attached hydrogen (secondary N) is 1. The monoisotopic (exact) mass is 247 g/mol. The van der Waals surface area contributed by atoms with Crippen molar-refractivity contribution >= 4 is 5.91 Å². The third-order valence-corrected chi connectivity index (χ3v) is 2.32. The van der Waals surface area contributed by atoms with Crippen LogP contribution in [0, 0.1) is 6.92 Å². The number of hydrogen-bond donors (Lipinski definition) is 1. The van der Waals surface area contributed by atoms with Crippen molar-refractivity contribution in [2.45, 2.75) is 13.5 Å². The first-order valence-corrected chi connectivity index (χ1v) is 5.39. The van der Waals surface area contributed by atoms with Crippen LogP contribution in [-0.4, -0.2) is 23.2 Å². The van der Waals surface area contributed by atoms with Crippen molar-refractivity contribution in [3.05, 3.63) is 41.4 Å². The van der Waals surface area contributed by atoms with Gasteiger partial charge in [0.25, 0.3) is 5.91 Å². The van der Waals surface area contributed by atoms with Gasteiger partial charge in [-0.05, 0) is 18.6 Å². The second-order valence-corrected chi connectivity index (χ2v) is 3.71. The molecule has 1 amide bonds. The Labute approximate surface area is 104 Å². The molecule has 6 nitrogen and oxygen atoms in total. The second-order valence-electron chi connectivity index (χ2n) is 3.71. The van der Waals surface area contributed by atoms with Gasteiger partial charge in [0.15, 0.2) is 5.69 Å². The van der Waals surface area contributed by atoms with Crippen LogP contribution in [0.15, 0.2) is 28.9 Å². The average molecular weight is 247 g/mol. The minimum atomic E-state index is -0.275. The fourth-order valence-corrected chi connectivity index (χ4v) is 1.42. The van der Waals surface area contributed by atoms with Gasteiger partial charge in [-0.15, -0.1) is 0 Å². The van der Waals surface area contributed by atoms with Gasteiger partial charge in [-0.25, -0.2) is 4.98 Å². The molecule has 18 heavy (non-hydrogen) atoms. The molecule has 0 unspecified atom stereocenters. The molecule has 6 heteroatoms. The van der Waals surface area contributed by atoms with Crippen LogP contribution in [0.1, 0.15) is 21.8 Å². The summed E-state index contributed by atoms with van der Waals surface area (Å²) in [4.78, 5) is 15.7. The molecule has 0 aromatic carbocycles. The summed E-state index contributed by atoms with van der Waals surface area (Å²) in [5, 5.41) is 6.37. The number of rotatable bonds is 4. The highest BCUT2D eigenvalue weighted by Crippen LogP contribution is 2.08. The maximum atomic E-state index is 11.7. The quantitative estimate of drug-likeness (QED) is 0.881. The second kappa shape index (κ2) is 5.31. The van der Waals surface area contributed by atoms with Gasteiger partial charge in [0.1, 0.15) is 5.76 Å². The summed E-state index contributed by atoms with van der Waals surface area (Å²) >= 11 is 0. The van der Waals surface area contributed by atoms with Gasteiger partial charge in [-0.2, -0.15) is 0 Å². The summed E-state index contributed by atoms with van der Waals surface area (Å²) in [6.45, 7) is 2.11. The van der Waals surface area contributed by atoms with Crippen molar-refractivity contribution in [2.75, 3.05) is 7.11 Å². The van der Waals surface area contributed by atoms with Crippen molar-refractivity contribution in [3.8, 4) is 5.88 Å². The van der Waals surface area contributed by atoms with Crippen molar-refractivity contribution in [2.24, 2.45) is 0 Å². The van der Waals surface area contributed by atoms with Crippen LogP contribution < -0.4 is 10.1 Å². The number of pyridine rings is 1. The lowest BCUT2D eigenvalue weighted by Crippen LogP contribution is -2.23. The Morgan fingerprint density at radius 2 is 2.33 bits per heavy atom. The van der Waals surface area contributed by atoms with Crippen molar-refractivity contribution in [1.82, 2.24) is 15.5 Å². The number of methoxy groups -OCH3 is 1. The zero-order valence-electron chi connectivity index (χ0n) is 10.1. The normalized spacial score (nSPS) is 10.1. The minimum Gasteiger partial charge on any atom is -0.481 e. The molecule has 0 spiro atoms. The summed E-state index contributed by atoms with van der Waals surface area (Å²) in [6, 6.07) is 5.15. The molecular weight excluding hydrogens is 234 g/mol. The Bertz CT molecular complexity index is 551. The molecule has 1 N–H and O–H groups in total. The van der Waals surface area contributed by atoms with E-state index in [0.29, 0.717) is 18.2 Å². The van der Waals surface area contributed by atoms with Crippen LogP contribution in [0.4, 0.5) is 0 Å². The van der Waals surface area contributed by atoms with E-state index in [4.69, 9.17) is 9.26 Å². The van der Waals surface area contributed by atoms with Crippen LogP contribution in [-0.2, 0) is 6.54 Å². The first kappa shape index (κ1) is 12.1. The lowest BCUT2D eigenvalue weighted by atomic mass is 10.2. The number of nitrogens with zero attached hydrogens (tertiary/aromatic N) is 2. The van der Waals surface area contributed by atoms with Crippen LogP contribution in [0.3, 0.4) is 0 Å². The van der Waals surface area contributed by atoms with E-state index in [0.717, 1.165) is 5.56 Å². The smallest absolute Gasteiger partial charge is 0.273 e. The lowest BCUT2D eigenvalue weighted by molar-refractivity contribution is 0.0941. The molecule has 0 aliphatic heterocycles. The van der Waals surface area contributed by atoms with Crippen LogP contribution in [0.5, 0.6) is 5.88 Å². The van der Waals surface area contributed by atoms with Gasteiger partial charge >= 0.3 is 0 Å². The number of carbonyl (C=O) groups excluding carboxylic acids is 1. The van der Waals surface area contributed by atoms with Crippen molar-refractivity contribution < 1.29 is 14.1 Å². The van der Waals surface area contributed by atoms with Crippen molar-refractivity contribution in [1.29, 1.82) is 0 Å². The van der Waals surface area contributed by atoms with Crippen LogP contribution in [0.2, 0.25) is 0 Å². The molecule has 2 rings (SSSR count). The van der Waals surface area contributed by atoms with E-state index in [1.807, 2.05) is 0 Å². The van der Waals surface area contributed by atoms with Gasteiger partial charge in [-0.1, -0.05) is 5.16 Å². The van der Waals surface area contributed by atoms with E-state index in [1.54, 1.807) is 38.4 Å². The van der Waals surface area contributed by atoms with Gasteiger partial charge in [0, 0.05) is 24.9 Å². The number of amides is 1. The van der Waals surface area contributed by atoms with E-state index >= 15 is 0 Å². The molecule has 0 radical (unpaired) electrons. The fraction of sp³-hybridized carbons (Fsp3) is 0.250. The highest BCUT2D eigenvalue weighted by Gasteiger charge is 2.10. The van der Waals surface area contributed by atoms with E-state index in [1.165, 1.54) is 0 Å². The molecule has 0 saturated heterocycles. The van der Waals surface area contributed by atoms with Gasteiger partial charge in [0.2, 0.25) is 5.88 Å². The van der Waals surface area contributed by atoms with Crippen molar-refractivity contribution in [3.63, 3.8) is 0 Å². The maximum Gasteiger partial charge on any atom is 0.273 e. The summed E-state index contributed by atoms with van der Waals surface area (Å²) in [5.41, 5.74) is 1.17. The Morgan fingerprint density at radius 1 is 1.50 bits per heavy atom.